The predicted octanol–water partition coefficient (Wildman–Crippen LogP) is 2.57. The van der Waals surface area contributed by atoms with Gasteiger partial charge in [0, 0.05) is 19.4 Å². The van der Waals surface area contributed by atoms with Crippen LogP contribution in [0.4, 0.5) is 5.82 Å². The third-order valence-electron chi connectivity index (χ3n) is 2.49. The molecule has 0 saturated heterocycles. The SMILES string of the molecule is C#CCCOc1nc(CC)nc(NCCC)c1C. The quantitative estimate of drug-likeness (QED) is 0.594. The fourth-order valence-electron chi connectivity index (χ4n) is 1.46. The van der Waals surface area contributed by atoms with E-state index in [1.807, 2.05) is 13.8 Å². The van der Waals surface area contributed by atoms with Crippen LogP contribution < -0.4 is 10.1 Å². The maximum absolute atomic E-state index is 5.61. The van der Waals surface area contributed by atoms with Crippen molar-refractivity contribution in [2.45, 2.75) is 40.0 Å². The summed E-state index contributed by atoms with van der Waals surface area (Å²) in [4.78, 5) is 8.86. The lowest BCUT2D eigenvalue weighted by atomic mass is 10.3. The highest BCUT2D eigenvalue weighted by Crippen LogP contribution is 2.22. The van der Waals surface area contributed by atoms with Crippen molar-refractivity contribution in [2.24, 2.45) is 0 Å². The fourth-order valence-corrected chi connectivity index (χ4v) is 1.46. The van der Waals surface area contributed by atoms with Crippen molar-refractivity contribution in [1.82, 2.24) is 9.97 Å². The number of nitrogens with zero attached hydrogens (tertiary/aromatic N) is 2. The Bertz CT molecular complexity index is 424. The second-order valence-electron chi connectivity index (χ2n) is 4.00. The molecule has 4 heteroatoms. The van der Waals surface area contributed by atoms with Gasteiger partial charge in [-0.1, -0.05) is 13.8 Å². The van der Waals surface area contributed by atoms with E-state index in [1.165, 1.54) is 0 Å². The van der Waals surface area contributed by atoms with E-state index < -0.39 is 0 Å². The first-order valence-electron chi connectivity index (χ1n) is 6.40. The van der Waals surface area contributed by atoms with Gasteiger partial charge in [-0.25, -0.2) is 4.98 Å². The van der Waals surface area contributed by atoms with Crippen LogP contribution in [0, 0.1) is 19.3 Å². The van der Waals surface area contributed by atoms with E-state index in [4.69, 9.17) is 11.2 Å². The second kappa shape index (κ2) is 7.54. The Balaban J connectivity index is 2.90. The van der Waals surface area contributed by atoms with E-state index in [1.54, 1.807) is 0 Å². The first-order chi connectivity index (χ1) is 8.72. The van der Waals surface area contributed by atoms with Gasteiger partial charge in [-0.2, -0.15) is 4.98 Å². The summed E-state index contributed by atoms with van der Waals surface area (Å²) in [5.41, 5.74) is 0.942. The Hall–Kier alpha value is -1.76. The van der Waals surface area contributed by atoms with Crippen molar-refractivity contribution in [3.8, 4) is 18.2 Å². The third kappa shape index (κ3) is 3.92. The zero-order chi connectivity index (χ0) is 13.4. The van der Waals surface area contributed by atoms with Crippen molar-refractivity contribution >= 4 is 5.82 Å². The monoisotopic (exact) mass is 247 g/mol. The van der Waals surface area contributed by atoms with Gasteiger partial charge in [-0.3, -0.25) is 0 Å². The van der Waals surface area contributed by atoms with E-state index in [2.05, 4.69) is 28.1 Å². The highest BCUT2D eigenvalue weighted by molar-refractivity contribution is 5.48. The smallest absolute Gasteiger partial charge is 0.221 e. The summed E-state index contributed by atoms with van der Waals surface area (Å²) in [6, 6.07) is 0. The van der Waals surface area contributed by atoms with E-state index in [0.717, 1.165) is 36.6 Å². The number of hydrogen-bond acceptors (Lipinski definition) is 4. The highest BCUT2D eigenvalue weighted by Gasteiger charge is 2.10. The van der Waals surface area contributed by atoms with E-state index in [0.29, 0.717) is 18.9 Å². The molecular weight excluding hydrogens is 226 g/mol. The van der Waals surface area contributed by atoms with Crippen molar-refractivity contribution < 1.29 is 4.74 Å². The molecule has 0 bridgehead atoms. The fraction of sp³-hybridized carbons (Fsp3) is 0.571. The number of anilines is 1. The number of hydrogen-bond donors (Lipinski definition) is 1. The Morgan fingerprint density at radius 3 is 2.72 bits per heavy atom. The van der Waals surface area contributed by atoms with Crippen LogP contribution in [-0.2, 0) is 6.42 Å². The van der Waals surface area contributed by atoms with Gasteiger partial charge in [0.2, 0.25) is 5.88 Å². The van der Waals surface area contributed by atoms with Gasteiger partial charge in [0.25, 0.3) is 0 Å². The molecule has 0 aliphatic rings. The van der Waals surface area contributed by atoms with Crippen LogP contribution in [0.15, 0.2) is 0 Å². The minimum Gasteiger partial charge on any atom is -0.476 e. The Labute approximate surface area is 109 Å². The normalized spacial score (nSPS) is 9.89. The summed E-state index contributed by atoms with van der Waals surface area (Å²) >= 11 is 0. The van der Waals surface area contributed by atoms with Crippen LogP contribution in [0.5, 0.6) is 5.88 Å². The van der Waals surface area contributed by atoms with E-state index in [-0.39, 0.29) is 0 Å². The van der Waals surface area contributed by atoms with Gasteiger partial charge < -0.3 is 10.1 Å². The van der Waals surface area contributed by atoms with E-state index >= 15 is 0 Å². The minimum absolute atomic E-state index is 0.491. The summed E-state index contributed by atoms with van der Waals surface area (Å²) in [5, 5.41) is 3.30. The van der Waals surface area contributed by atoms with E-state index in [9.17, 15) is 0 Å². The van der Waals surface area contributed by atoms with Crippen molar-refractivity contribution in [1.29, 1.82) is 0 Å². The second-order valence-corrected chi connectivity index (χ2v) is 4.00. The number of nitrogens with one attached hydrogen (secondary N) is 1. The number of rotatable bonds is 7. The third-order valence-corrected chi connectivity index (χ3v) is 2.49. The molecule has 1 aromatic rings. The average Bonchev–Trinajstić information content (AvgIpc) is 2.39. The molecule has 0 aromatic carbocycles. The maximum atomic E-state index is 5.61. The van der Waals surface area contributed by atoms with Gasteiger partial charge in [-0.15, -0.1) is 12.3 Å². The summed E-state index contributed by atoms with van der Waals surface area (Å²) < 4.78 is 5.61. The molecule has 0 saturated carbocycles. The van der Waals surface area contributed by atoms with Crippen LogP contribution in [0.1, 0.15) is 38.1 Å². The van der Waals surface area contributed by atoms with Gasteiger partial charge in [0.05, 0.1) is 5.56 Å². The van der Waals surface area contributed by atoms with Crippen LogP contribution in [0.25, 0.3) is 0 Å². The zero-order valence-corrected chi connectivity index (χ0v) is 11.4. The number of aromatic nitrogens is 2. The van der Waals surface area contributed by atoms with Crippen molar-refractivity contribution in [2.75, 3.05) is 18.5 Å². The molecule has 0 fully saturated rings. The number of ether oxygens (including phenoxy) is 1. The summed E-state index contributed by atoms with van der Waals surface area (Å²) in [5.74, 6) is 4.83. The highest BCUT2D eigenvalue weighted by atomic mass is 16.5. The standard InChI is InChI=1S/C14H21N3O/c1-5-8-10-18-14-11(4)13(15-9-6-2)16-12(7-3)17-14/h1H,6-10H2,2-4H3,(H,15,16,17). The first kappa shape index (κ1) is 14.3. The van der Waals surface area contributed by atoms with Crippen LogP contribution >= 0.6 is 0 Å². The molecule has 0 radical (unpaired) electrons. The van der Waals surface area contributed by atoms with Crippen molar-refractivity contribution in [3.63, 3.8) is 0 Å². The lowest BCUT2D eigenvalue weighted by molar-refractivity contribution is 0.310. The summed E-state index contributed by atoms with van der Waals surface area (Å²) in [7, 11) is 0. The maximum Gasteiger partial charge on any atom is 0.221 e. The van der Waals surface area contributed by atoms with Gasteiger partial charge in [-0.05, 0) is 13.3 Å². The molecule has 1 aromatic heterocycles. The molecule has 98 valence electrons. The topological polar surface area (TPSA) is 47.0 Å². The molecule has 1 N–H and O–H groups in total. The van der Waals surface area contributed by atoms with Gasteiger partial charge >= 0.3 is 0 Å². The molecule has 0 atom stereocenters. The number of aryl methyl sites for hydroxylation is 1. The summed E-state index contributed by atoms with van der Waals surface area (Å²) in [6.07, 6.45) is 7.63. The molecule has 0 aliphatic heterocycles. The number of terminal acetylenes is 1. The Kier molecular flexibility index (Phi) is 5.99. The predicted molar refractivity (Wildman–Crippen MR) is 73.9 cm³/mol. The minimum atomic E-state index is 0.491. The lowest BCUT2D eigenvalue weighted by Gasteiger charge is -2.13. The largest absolute Gasteiger partial charge is 0.476 e. The average molecular weight is 247 g/mol. The summed E-state index contributed by atoms with van der Waals surface area (Å²) in [6.45, 7) is 7.49. The lowest BCUT2D eigenvalue weighted by Crippen LogP contribution is -2.10. The molecular formula is C14H21N3O. The van der Waals surface area contributed by atoms with Crippen LogP contribution in [-0.4, -0.2) is 23.1 Å². The molecule has 0 amide bonds. The molecule has 18 heavy (non-hydrogen) atoms. The Morgan fingerprint density at radius 1 is 1.33 bits per heavy atom. The first-order valence-corrected chi connectivity index (χ1v) is 6.40. The molecule has 4 nitrogen and oxygen atoms in total. The molecule has 0 unspecified atom stereocenters. The van der Waals surface area contributed by atoms with Gasteiger partial charge in [0.1, 0.15) is 18.2 Å². The van der Waals surface area contributed by atoms with Crippen molar-refractivity contribution in [3.05, 3.63) is 11.4 Å². The molecule has 1 heterocycles. The zero-order valence-electron chi connectivity index (χ0n) is 11.4. The molecule has 1 rings (SSSR count). The van der Waals surface area contributed by atoms with Gasteiger partial charge in [0.15, 0.2) is 0 Å². The van der Waals surface area contributed by atoms with Crippen LogP contribution in [0.2, 0.25) is 0 Å². The Morgan fingerprint density at radius 2 is 2.11 bits per heavy atom. The van der Waals surface area contributed by atoms with Crippen LogP contribution in [0.3, 0.4) is 0 Å². The molecule has 0 spiro atoms. The molecule has 0 aliphatic carbocycles.